The molecule has 0 amide bonds. The minimum absolute atomic E-state index is 0.230. The zero-order valence-electron chi connectivity index (χ0n) is 10.5. The van der Waals surface area contributed by atoms with Gasteiger partial charge in [0.05, 0.1) is 0 Å². The van der Waals surface area contributed by atoms with Crippen LogP contribution in [-0.2, 0) is 13.1 Å². The third kappa shape index (κ3) is 4.01. The summed E-state index contributed by atoms with van der Waals surface area (Å²) in [5.41, 5.74) is 1.98. The van der Waals surface area contributed by atoms with Gasteiger partial charge in [0.15, 0.2) is 0 Å². The Hall–Kier alpha value is -1.46. The summed E-state index contributed by atoms with van der Waals surface area (Å²) in [6.45, 7) is 0.495. The second-order valence-corrected chi connectivity index (χ2v) is 5.12. The Labute approximate surface area is 115 Å². The summed E-state index contributed by atoms with van der Waals surface area (Å²) < 4.78 is 29.0. The van der Waals surface area contributed by atoms with Crippen LogP contribution in [0.15, 0.2) is 35.7 Å². The molecule has 0 saturated heterocycles. The molecule has 0 aliphatic rings. The van der Waals surface area contributed by atoms with Crippen molar-refractivity contribution in [3.8, 4) is 5.75 Å². The fourth-order valence-corrected chi connectivity index (χ4v) is 2.63. The Morgan fingerprint density at radius 1 is 1.21 bits per heavy atom. The van der Waals surface area contributed by atoms with E-state index in [2.05, 4.69) is 23.0 Å². The average Bonchev–Trinajstić information content (AvgIpc) is 2.77. The molecule has 1 heterocycles. The van der Waals surface area contributed by atoms with Crippen LogP contribution in [0.5, 0.6) is 5.75 Å². The van der Waals surface area contributed by atoms with E-state index in [9.17, 15) is 8.78 Å². The molecular formula is C14H15F2NOS. The molecular weight excluding hydrogens is 268 g/mol. The smallest absolute Gasteiger partial charge is 0.387 e. The number of nitrogens with one attached hydrogen (secondary N) is 1. The number of hydrogen-bond acceptors (Lipinski definition) is 3. The van der Waals surface area contributed by atoms with E-state index >= 15 is 0 Å². The molecule has 0 aliphatic heterocycles. The quantitative estimate of drug-likeness (QED) is 0.866. The van der Waals surface area contributed by atoms with E-state index in [1.165, 1.54) is 10.4 Å². The summed E-state index contributed by atoms with van der Waals surface area (Å²) in [5, 5.41) is 5.29. The first-order valence-corrected chi connectivity index (χ1v) is 6.81. The Morgan fingerprint density at radius 3 is 2.68 bits per heavy atom. The highest BCUT2D eigenvalue weighted by Gasteiger charge is 2.08. The highest BCUT2D eigenvalue weighted by atomic mass is 32.1. The average molecular weight is 283 g/mol. The third-order valence-corrected chi connectivity index (χ3v) is 3.78. The van der Waals surface area contributed by atoms with Crippen molar-refractivity contribution in [3.05, 3.63) is 51.7 Å². The monoisotopic (exact) mass is 283 g/mol. The molecule has 0 atom stereocenters. The van der Waals surface area contributed by atoms with Gasteiger partial charge in [-0.1, -0.05) is 18.2 Å². The molecule has 1 N–H and O–H groups in total. The van der Waals surface area contributed by atoms with Gasteiger partial charge in [-0.15, -0.1) is 11.3 Å². The Kier molecular flexibility index (Phi) is 4.87. The van der Waals surface area contributed by atoms with Crippen molar-refractivity contribution >= 4 is 11.3 Å². The number of aryl methyl sites for hydroxylation is 1. The van der Waals surface area contributed by atoms with Crippen molar-refractivity contribution in [1.29, 1.82) is 0 Å². The molecule has 0 spiro atoms. The minimum atomic E-state index is -2.79. The summed E-state index contributed by atoms with van der Waals surface area (Å²) in [6, 6.07) is 8.90. The van der Waals surface area contributed by atoms with Gasteiger partial charge in [-0.05, 0) is 30.0 Å². The van der Waals surface area contributed by atoms with Gasteiger partial charge in [0.1, 0.15) is 5.75 Å². The summed E-state index contributed by atoms with van der Waals surface area (Å²) in [6.07, 6.45) is 0. The molecule has 0 aliphatic carbocycles. The number of alkyl halides is 2. The van der Waals surface area contributed by atoms with Crippen LogP contribution >= 0.6 is 11.3 Å². The molecule has 102 valence electrons. The molecule has 5 heteroatoms. The van der Waals surface area contributed by atoms with Crippen molar-refractivity contribution in [2.75, 3.05) is 0 Å². The third-order valence-electron chi connectivity index (χ3n) is 2.76. The first-order chi connectivity index (χ1) is 9.16. The van der Waals surface area contributed by atoms with Gasteiger partial charge >= 0.3 is 6.61 Å². The lowest BCUT2D eigenvalue weighted by Gasteiger charge is -2.11. The first kappa shape index (κ1) is 14.0. The molecule has 2 nitrogen and oxygen atoms in total. The second kappa shape index (κ2) is 6.63. The molecule has 19 heavy (non-hydrogen) atoms. The van der Waals surface area contributed by atoms with Crippen molar-refractivity contribution in [2.45, 2.75) is 26.6 Å². The van der Waals surface area contributed by atoms with Gasteiger partial charge in [0.25, 0.3) is 0 Å². The van der Waals surface area contributed by atoms with E-state index in [4.69, 9.17) is 0 Å². The molecule has 0 fully saturated rings. The van der Waals surface area contributed by atoms with Gasteiger partial charge in [0.2, 0.25) is 0 Å². The number of thiophene rings is 1. The van der Waals surface area contributed by atoms with Crippen molar-refractivity contribution in [3.63, 3.8) is 0 Å². The topological polar surface area (TPSA) is 21.3 Å². The molecule has 0 bridgehead atoms. The van der Waals surface area contributed by atoms with Gasteiger partial charge < -0.3 is 10.1 Å². The highest BCUT2D eigenvalue weighted by Crippen LogP contribution is 2.20. The Balaban J connectivity index is 1.94. The first-order valence-electron chi connectivity index (χ1n) is 5.93. The zero-order valence-corrected chi connectivity index (χ0v) is 11.3. The van der Waals surface area contributed by atoms with Crippen LogP contribution in [0.3, 0.4) is 0 Å². The maximum Gasteiger partial charge on any atom is 0.387 e. The van der Waals surface area contributed by atoms with Crippen LogP contribution in [-0.4, -0.2) is 6.61 Å². The van der Waals surface area contributed by atoms with Crippen molar-refractivity contribution < 1.29 is 13.5 Å². The summed E-state index contributed by atoms with van der Waals surface area (Å²) in [7, 11) is 0. The number of hydrogen-bond donors (Lipinski definition) is 1. The molecule has 1 aromatic heterocycles. The number of halogens is 2. The lowest BCUT2D eigenvalue weighted by atomic mass is 10.2. The predicted octanol–water partition coefficient (Wildman–Crippen LogP) is 3.95. The van der Waals surface area contributed by atoms with Crippen LogP contribution in [0, 0.1) is 6.92 Å². The predicted molar refractivity (Wildman–Crippen MR) is 72.7 cm³/mol. The number of para-hydroxylation sites is 1. The van der Waals surface area contributed by atoms with Crippen LogP contribution in [0.2, 0.25) is 0 Å². The maximum atomic E-state index is 12.3. The van der Waals surface area contributed by atoms with Crippen LogP contribution in [0.4, 0.5) is 8.78 Å². The minimum Gasteiger partial charge on any atom is -0.434 e. The summed E-state index contributed by atoms with van der Waals surface area (Å²) in [4.78, 5) is 1.26. The molecule has 0 unspecified atom stereocenters. The van der Waals surface area contributed by atoms with E-state index in [1.54, 1.807) is 29.5 Å². The number of rotatable bonds is 6. The van der Waals surface area contributed by atoms with E-state index < -0.39 is 6.61 Å². The molecule has 1 aromatic carbocycles. The fourth-order valence-electron chi connectivity index (χ4n) is 1.76. The molecule has 0 saturated carbocycles. The summed E-state index contributed by atoms with van der Waals surface area (Å²) >= 11 is 1.69. The zero-order chi connectivity index (χ0) is 13.7. The van der Waals surface area contributed by atoms with E-state index in [0.717, 1.165) is 12.1 Å². The van der Waals surface area contributed by atoms with Crippen molar-refractivity contribution in [2.24, 2.45) is 0 Å². The number of benzene rings is 1. The Morgan fingerprint density at radius 2 is 2.00 bits per heavy atom. The van der Waals surface area contributed by atoms with Gasteiger partial charge in [-0.2, -0.15) is 8.78 Å². The molecule has 2 rings (SSSR count). The SMILES string of the molecule is Cc1ccsc1CNCc1ccccc1OC(F)F. The van der Waals surface area contributed by atoms with Gasteiger partial charge in [0, 0.05) is 23.5 Å². The molecule has 2 aromatic rings. The van der Waals surface area contributed by atoms with Gasteiger partial charge in [-0.3, -0.25) is 0 Å². The van der Waals surface area contributed by atoms with Crippen LogP contribution in [0.25, 0.3) is 0 Å². The fraction of sp³-hybridized carbons (Fsp3) is 0.286. The molecule has 0 radical (unpaired) electrons. The number of ether oxygens (including phenoxy) is 1. The highest BCUT2D eigenvalue weighted by molar-refractivity contribution is 7.10. The van der Waals surface area contributed by atoms with Crippen molar-refractivity contribution in [1.82, 2.24) is 5.32 Å². The Bertz CT molecular complexity index is 528. The van der Waals surface area contributed by atoms with E-state index in [0.29, 0.717) is 6.54 Å². The lowest BCUT2D eigenvalue weighted by Crippen LogP contribution is -2.14. The van der Waals surface area contributed by atoms with Gasteiger partial charge in [-0.25, -0.2) is 0 Å². The van der Waals surface area contributed by atoms with E-state index in [-0.39, 0.29) is 5.75 Å². The standard InChI is InChI=1S/C14H15F2NOS/c1-10-6-7-19-13(10)9-17-8-11-4-2-3-5-12(11)18-14(15)16/h2-7,14,17H,8-9H2,1H3. The maximum absolute atomic E-state index is 12.3. The van der Waals surface area contributed by atoms with E-state index in [1.807, 2.05) is 11.4 Å². The van der Waals surface area contributed by atoms with Crippen LogP contribution in [0.1, 0.15) is 16.0 Å². The lowest BCUT2D eigenvalue weighted by molar-refractivity contribution is -0.0505. The summed E-state index contributed by atoms with van der Waals surface area (Å²) in [5.74, 6) is 0.230. The normalized spacial score (nSPS) is 10.9. The second-order valence-electron chi connectivity index (χ2n) is 4.12. The van der Waals surface area contributed by atoms with Crippen LogP contribution < -0.4 is 10.1 Å². The largest absolute Gasteiger partial charge is 0.434 e.